The zero-order valence-electron chi connectivity index (χ0n) is 15.2. The minimum absolute atomic E-state index is 0.224. The Morgan fingerprint density at radius 1 is 1.15 bits per heavy atom. The standard InChI is InChI=1S/C21H19Cl2NO2S/c1-12-7-13(2)14(3)18(8-12)26-10-15-9-19(27-11-15)21(25)24-17-6-4-5-16(22)20(17)23/h4-9,11H,10H2,1-3H3,(H,24,25). The molecule has 0 spiro atoms. The zero-order chi connectivity index (χ0) is 19.6. The van der Waals surface area contributed by atoms with Crippen molar-refractivity contribution in [3.05, 3.63) is 79.0 Å². The number of rotatable bonds is 5. The number of hydrogen-bond acceptors (Lipinski definition) is 3. The van der Waals surface area contributed by atoms with E-state index in [0.717, 1.165) is 22.4 Å². The molecule has 3 nitrogen and oxygen atoms in total. The van der Waals surface area contributed by atoms with Gasteiger partial charge in [0.15, 0.2) is 0 Å². The van der Waals surface area contributed by atoms with Gasteiger partial charge in [-0.15, -0.1) is 11.3 Å². The van der Waals surface area contributed by atoms with Crippen LogP contribution in [-0.4, -0.2) is 5.91 Å². The van der Waals surface area contributed by atoms with Crippen LogP contribution in [-0.2, 0) is 6.61 Å². The van der Waals surface area contributed by atoms with Crippen LogP contribution in [0.4, 0.5) is 5.69 Å². The van der Waals surface area contributed by atoms with Crippen molar-refractivity contribution in [2.45, 2.75) is 27.4 Å². The lowest BCUT2D eigenvalue weighted by atomic mass is 10.1. The topological polar surface area (TPSA) is 38.3 Å². The molecule has 0 saturated carbocycles. The Labute approximate surface area is 172 Å². The monoisotopic (exact) mass is 419 g/mol. The Kier molecular flexibility index (Phi) is 6.10. The summed E-state index contributed by atoms with van der Waals surface area (Å²) in [5.41, 5.74) is 4.93. The van der Waals surface area contributed by atoms with Crippen molar-refractivity contribution < 1.29 is 9.53 Å². The van der Waals surface area contributed by atoms with E-state index >= 15 is 0 Å². The van der Waals surface area contributed by atoms with Gasteiger partial charge in [-0.1, -0.05) is 35.3 Å². The van der Waals surface area contributed by atoms with Gasteiger partial charge in [0.1, 0.15) is 12.4 Å². The molecule has 27 heavy (non-hydrogen) atoms. The van der Waals surface area contributed by atoms with Crippen LogP contribution >= 0.6 is 34.5 Å². The van der Waals surface area contributed by atoms with E-state index < -0.39 is 0 Å². The number of anilines is 1. The lowest BCUT2D eigenvalue weighted by Crippen LogP contribution is -2.10. The maximum atomic E-state index is 12.5. The molecule has 0 unspecified atom stereocenters. The van der Waals surface area contributed by atoms with Crippen molar-refractivity contribution in [1.29, 1.82) is 0 Å². The summed E-state index contributed by atoms with van der Waals surface area (Å²) in [5, 5.41) is 5.45. The third-order valence-corrected chi connectivity index (χ3v) is 6.03. The fourth-order valence-corrected chi connectivity index (χ4v) is 3.81. The van der Waals surface area contributed by atoms with Gasteiger partial charge in [0, 0.05) is 5.56 Å². The second kappa shape index (κ2) is 8.34. The number of benzene rings is 2. The summed E-state index contributed by atoms with van der Waals surface area (Å²) in [4.78, 5) is 13.1. The lowest BCUT2D eigenvalue weighted by Gasteiger charge is -2.11. The largest absolute Gasteiger partial charge is 0.489 e. The maximum absolute atomic E-state index is 12.5. The van der Waals surface area contributed by atoms with Gasteiger partial charge in [0.25, 0.3) is 5.91 Å². The van der Waals surface area contributed by atoms with Crippen LogP contribution in [0.2, 0.25) is 10.0 Å². The molecule has 1 amide bonds. The molecule has 0 atom stereocenters. The number of amides is 1. The highest BCUT2D eigenvalue weighted by atomic mass is 35.5. The average molecular weight is 420 g/mol. The van der Waals surface area contributed by atoms with E-state index in [0.29, 0.717) is 27.2 Å². The van der Waals surface area contributed by atoms with E-state index in [4.69, 9.17) is 27.9 Å². The molecule has 3 aromatic rings. The minimum Gasteiger partial charge on any atom is -0.489 e. The SMILES string of the molecule is Cc1cc(C)c(C)c(OCc2csc(C(=O)Nc3cccc(Cl)c3Cl)c2)c1. The number of carbonyl (C=O) groups is 1. The number of thiophene rings is 1. The lowest BCUT2D eigenvalue weighted by molar-refractivity contribution is 0.103. The van der Waals surface area contributed by atoms with Gasteiger partial charge in [-0.3, -0.25) is 4.79 Å². The molecule has 1 heterocycles. The molecule has 140 valence electrons. The molecule has 6 heteroatoms. The first-order valence-corrected chi connectivity index (χ1v) is 10.0. The molecule has 0 aliphatic carbocycles. The van der Waals surface area contributed by atoms with Gasteiger partial charge in [0.2, 0.25) is 0 Å². The predicted octanol–water partition coefficient (Wildman–Crippen LogP) is 6.81. The number of carbonyl (C=O) groups excluding carboxylic acids is 1. The van der Waals surface area contributed by atoms with E-state index in [2.05, 4.69) is 18.3 Å². The molecule has 0 aliphatic heterocycles. The highest BCUT2D eigenvalue weighted by Crippen LogP contribution is 2.30. The molecule has 0 radical (unpaired) electrons. The van der Waals surface area contributed by atoms with Crippen LogP contribution in [0.1, 0.15) is 31.9 Å². The van der Waals surface area contributed by atoms with Crippen LogP contribution in [0.15, 0.2) is 41.8 Å². The molecule has 0 fully saturated rings. The van der Waals surface area contributed by atoms with Gasteiger partial charge < -0.3 is 10.1 Å². The van der Waals surface area contributed by atoms with Crippen molar-refractivity contribution in [2.75, 3.05) is 5.32 Å². The zero-order valence-corrected chi connectivity index (χ0v) is 17.6. The third kappa shape index (κ3) is 4.64. The molecule has 1 aromatic heterocycles. The number of halogens is 2. The van der Waals surface area contributed by atoms with E-state index in [1.54, 1.807) is 18.2 Å². The summed E-state index contributed by atoms with van der Waals surface area (Å²) in [6.07, 6.45) is 0. The summed E-state index contributed by atoms with van der Waals surface area (Å²) in [6, 6.07) is 11.1. The van der Waals surface area contributed by atoms with Gasteiger partial charge in [-0.2, -0.15) is 0 Å². The van der Waals surface area contributed by atoms with E-state index in [1.807, 2.05) is 31.4 Å². The summed E-state index contributed by atoms with van der Waals surface area (Å²) < 4.78 is 5.97. The fraction of sp³-hybridized carbons (Fsp3) is 0.190. The quantitative estimate of drug-likeness (QED) is 0.492. The molecule has 0 aliphatic rings. The van der Waals surface area contributed by atoms with E-state index in [-0.39, 0.29) is 5.91 Å². The maximum Gasteiger partial charge on any atom is 0.265 e. The Morgan fingerprint density at radius 3 is 2.70 bits per heavy atom. The summed E-state index contributed by atoms with van der Waals surface area (Å²) >= 11 is 13.5. The Morgan fingerprint density at radius 2 is 1.93 bits per heavy atom. The van der Waals surface area contributed by atoms with Crippen LogP contribution in [0.3, 0.4) is 0 Å². The fourth-order valence-electron chi connectivity index (χ4n) is 2.67. The second-order valence-electron chi connectivity index (χ2n) is 6.37. The Hall–Kier alpha value is -2.01. The van der Waals surface area contributed by atoms with Crippen LogP contribution < -0.4 is 10.1 Å². The summed E-state index contributed by atoms with van der Waals surface area (Å²) in [6.45, 7) is 6.58. The minimum atomic E-state index is -0.224. The molecular formula is C21H19Cl2NO2S. The first-order chi connectivity index (χ1) is 12.8. The number of aryl methyl sites for hydroxylation is 2. The Balaban J connectivity index is 1.68. The van der Waals surface area contributed by atoms with Crippen LogP contribution in [0, 0.1) is 20.8 Å². The average Bonchev–Trinajstić information content (AvgIpc) is 3.10. The molecule has 2 aromatic carbocycles. The van der Waals surface area contributed by atoms with Gasteiger partial charge in [0.05, 0.1) is 20.6 Å². The van der Waals surface area contributed by atoms with Crippen LogP contribution in [0.25, 0.3) is 0 Å². The van der Waals surface area contributed by atoms with Gasteiger partial charge >= 0.3 is 0 Å². The second-order valence-corrected chi connectivity index (χ2v) is 8.06. The molecule has 0 saturated heterocycles. The number of nitrogens with one attached hydrogen (secondary N) is 1. The molecular weight excluding hydrogens is 401 g/mol. The van der Waals surface area contributed by atoms with Gasteiger partial charge in [-0.25, -0.2) is 0 Å². The molecule has 1 N–H and O–H groups in total. The number of ether oxygens (including phenoxy) is 1. The highest BCUT2D eigenvalue weighted by molar-refractivity contribution is 7.12. The van der Waals surface area contributed by atoms with Crippen LogP contribution in [0.5, 0.6) is 5.75 Å². The van der Waals surface area contributed by atoms with Crippen molar-refractivity contribution >= 4 is 46.1 Å². The number of hydrogen-bond donors (Lipinski definition) is 1. The van der Waals surface area contributed by atoms with Crippen molar-refractivity contribution in [3.63, 3.8) is 0 Å². The summed E-state index contributed by atoms with van der Waals surface area (Å²) in [7, 11) is 0. The van der Waals surface area contributed by atoms with E-state index in [1.165, 1.54) is 16.9 Å². The molecule has 0 bridgehead atoms. The normalized spacial score (nSPS) is 10.7. The Bertz CT molecular complexity index is 998. The first kappa shape index (κ1) is 19.7. The smallest absolute Gasteiger partial charge is 0.265 e. The predicted molar refractivity (Wildman–Crippen MR) is 114 cm³/mol. The van der Waals surface area contributed by atoms with Gasteiger partial charge in [-0.05, 0) is 67.1 Å². The highest BCUT2D eigenvalue weighted by Gasteiger charge is 2.13. The van der Waals surface area contributed by atoms with E-state index in [9.17, 15) is 4.79 Å². The third-order valence-electron chi connectivity index (χ3n) is 4.24. The van der Waals surface area contributed by atoms with Crippen molar-refractivity contribution in [1.82, 2.24) is 0 Å². The molecule has 3 rings (SSSR count). The van der Waals surface area contributed by atoms with Crippen molar-refractivity contribution in [2.24, 2.45) is 0 Å². The first-order valence-electron chi connectivity index (χ1n) is 8.38. The van der Waals surface area contributed by atoms with Crippen molar-refractivity contribution in [3.8, 4) is 5.75 Å². The summed E-state index contributed by atoms with van der Waals surface area (Å²) in [5.74, 6) is 0.647.